The number of aliphatic carboxylic acids is 1. The average Bonchev–Trinajstić information content (AvgIpc) is 2.95. The van der Waals surface area contributed by atoms with E-state index in [0.29, 0.717) is 30.4 Å². The molecule has 2 aromatic rings. The maximum atomic E-state index is 12.7. The molecule has 6 nitrogen and oxygen atoms in total. The second-order valence-electron chi connectivity index (χ2n) is 5.14. The zero-order valence-electron chi connectivity index (χ0n) is 11.2. The Balaban J connectivity index is 2.00. The molecule has 1 fully saturated rings. The van der Waals surface area contributed by atoms with E-state index in [0.717, 1.165) is 0 Å². The highest BCUT2D eigenvalue weighted by Crippen LogP contribution is 2.29. The second-order valence-corrected chi connectivity index (χ2v) is 7.04. The van der Waals surface area contributed by atoms with Crippen LogP contribution >= 0.6 is 0 Å². The Morgan fingerprint density at radius 3 is 2.90 bits per heavy atom. The van der Waals surface area contributed by atoms with Crippen molar-refractivity contribution in [1.82, 2.24) is 4.31 Å². The first-order chi connectivity index (χ1) is 10.00. The van der Waals surface area contributed by atoms with Crippen LogP contribution in [0.25, 0.3) is 11.0 Å². The molecule has 7 heteroatoms. The Morgan fingerprint density at radius 2 is 2.14 bits per heavy atom. The fraction of sp³-hybridized carbons (Fsp3) is 0.357. The topological polar surface area (TPSA) is 87.8 Å². The Hall–Kier alpha value is -1.86. The van der Waals surface area contributed by atoms with Crippen molar-refractivity contribution < 1.29 is 22.7 Å². The summed E-state index contributed by atoms with van der Waals surface area (Å²) in [6.07, 6.45) is 2.50. The number of nitrogens with zero attached hydrogens (tertiary/aromatic N) is 1. The number of carboxylic acid groups (broad SMARTS) is 1. The largest absolute Gasteiger partial charge is 0.481 e. The molecule has 0 spiro atoms. The number of rotatable bonds is 3. The van der Waals surface area contributed by atoms with Crippen LogP contribution in [0.5, 0.6) is 0 Å². The standard InChI is InChI=1S/C14H15NO5S/c16-14(17)11-4-2-7-15(9-11)21(18,19)12-5-1-3-10-6-8-20-13(10)12/h1,3,5-6,8,11H,2,4,7,9H2,(H,16,17). The van der Waals surface area contributed by atoms with Gasteiger partial charge in [0.25, 0.3) is 0 Å². The highest BCUT2D eigenvalue weighted by Gasteiger charge is 2.34. The Labute approximate surface area is 122 Å². The maximum Gasteiger partial charge on any atom is 0.307 e. The first kappa shape index (κ1) is 14.1. The summed E-state index contributed by atoms with van der Waals surface area (Å²) in [6, 6.07) is 6.62. The molecule has 112 valence electrons. The highest BCUT2D eigenvalue weighted by atomic mass is 32.2. The zero-order valence-corrected chi connectivity index (χ0v) is 12.0. The molecule has 1 atom stereocenters. The van der Waals surface area contributed by atoms with Crippen molar-refractivity contribution in [1.29, 1.82) is 0 Å². The molecule has 1 aromatic heterocycles. The van der Waals surface area contributed by atoms with Gasteiger partial charge in [-0.25, -0.2) is 8.42 Å². The molecule has 1 aliphatic rings. The van der Waals surface area contributed by atoms with Crippen molar-refractivity contribution in [2.75, 3.05) is 13.1 Å². The van der Waals surface area contributed by atoms with Gasteiger partial charge in [-0.05, 0) is 25.0 Å². The summed E-state index contributed by atoms with van der Waals surface area (Å²) < 4.78 is 32.0. The predicted octanol–water partition coefficient (Wildman–Crippen LogP) is 1.92. The number of furan rings is 1. The molecule has 0 aliphatic carbocycles. The quantitative estimate of drug-likeness (QED) is 0.935. The van der Waals surface area contributed by atoms with Gasteiger partial charge in [-0.3, -0.25) is 4.79 Å². The third kappa shape index (κ3) is 2.43. The number of para-hydroxylation sites is 1. The third-order valence-electron chi connectivity index (χ3n) is 3.79. The fourth-order valence-electron chi connectivity index (χ4n) is 2.67. The summed E-state index contributed by atoms with van der Waals surface area (Å²) in [7, 11) is -3.75. The number of sulfonamides is 1. The molecule has 1 aliphatic heterocycles. The van der Waals surface area contributed by atoms with Crippen molar-refractivity contribution in [3.05, 3.63) is 30.5 Å². The number of fused-ring (bicyclic) bond motifs is 1. The van der Waals surface area contributed by atoms with Crippen molar-refractivity contribution in [3.8, 4) is 0 Å². The second kappa shape index (κ2) is 5.16. The number of carbonyl (C=O) groups is 1. The van der Waals surface area contributed by atoms with Gasteiger partial charge in [-0.2, -0.15) is 4.31 Å². The molecule has 1 aromatic carbocycles. The number of hydrogen-bond acceptors (Lipinski definition) is 4. The minimum Gasteiger partial charge on any atom is -0.481 e. The summed E-state index contributed by atoms with van der Waals surface area (Å²) in [6.45, 7) is 0.345. The molecule has 1 saturated heterocycles. The summed E-state index contributed by atoms with van der Waals surface area (Å²) in [5.41, 5.74) is 0.315. The number of carboxylic acids is 1. The number of piperidine rings is 1. The van der Waals surface area contributed by atoms with Crippen LogP contribution in [0.2, 0.25) is 0 Å². The van der Waals surface area contributed by atoms with E-state index in [2.05, 4.69) is 0 Å². The van der Waals surface area contributed by atoms with Crippen LogP contribution in [0.1, 0.15) is 12.8 Å². The lowest BCUT2D eigenvalue weighted by molar-refractivity contribution is -0.142. The van der Waals surface area contributed by atoms with E-state index < -0.39 is 21.9 Å². The smallest absolute Gasteiger partial charge is 0.307 e. The maximum absolute atomic E-state index is 12.7. The van der Waals surface area contributed by atoms with Crippen LogP contribution < -0.4 is 0 Å². The normalized spacial score (nSPS) is 20.7. The Kier molecular flexibility index (Phi) is 3.46. The summed E-state index contributed by atoms with van der Waals surface area (Å²) in [4.78, 5) is 11.2. The van der Waals surface area contributed by atoms with E-state index in [-0.39, 0.29) is 11.4 Å². The third-order valence-corrected chi connectivity index (χ3v) is 5.68. The zero-order chi connectivity index (χ0) is 15.0. The molecule has 0 amide bonds. The van der Waals surface area contributed by atoms with Crippen molar-refractivity contribution in [3.63, 3.8) is 0 Å². The van der Waals surface area contributed by atoms with E-state index >= 15 is 0 Å². The molecule has 2 heterocycles. The molecule has 3 rings (SSSR count). The monoisotopic (exact) mass is 309 g/mol. The van der Waals surface area contributed by atoms with Gasteiger partial charge in [-0.15, -0.1) is 0 Å². The molecule has 0 radical (unpaired) electrons. The van der Waals surface area contributed by atoms with Gasteiger partial charge in [0.15, 0.2) is 5.58 Å². The van der Waals surface area contributed by atoms with Gasteiger partial charge < -0.3 is 9.52 Å². The molecule has 1 unspecified atom stereocenters. The minimum absolute atomic E-state index is 0.00869. The van der Waals surface area contributed by atoms with Crippen molar-refractivity contribution in [2.45, 2.75) is 17.7 Å². The van der Waals surface area contributed by atoms with Crippen LogP contribution in [0.3, 0.4) is 0 Å². The van der Waals surface area contributed by atoms with Crippen LogP contribution in [0.4, 0.5) is 0 Å². The van der Waals surface area contributed by atoms with Gasteiger partial charge in [0.05, 0.1) is 12.2 Å². The van der Waals surface area contributed by atoms with Crippen LogP contribution in [0.15, 0.2) is 39.8 Å². The average molecular weight is 309 g/mol. The van der Waals surface area contributed by atoms with Gasteiger partial charge in [0.2, 0.25) is 10.0 Å². The van der Waals surface area contributed by atoms with Gasteiger partial charge in [-0.1, -0.05) is 12.1 Å². The number of hydrogen-bond donors (Lipinski definition) is 1. The SMILES string of the molecule is O=C(O)C1CCCN(S(=O)(=O)c2cccc3ccoc23)C1. The lowest BCUT2D eigenvalue weighted by Crippen LogP contribution is -2.42. The first-order valence-electron chi connectivity index (χ1n) is 6.69. The molecule has 1 N–H and O–H groups in total. The molecule has 0 saturated carbocycles. The minimum atomic E-state index is -3.75. The molecule has 0 bridgehead atoms. The van der Waals surface area contributed by atoms with E-state index in [1.54, 1.807) is 18.2 Å². The van der Waals surface area contributed by atoms with Crippen molar-refractivity contribution in [2.24, 2.45) is 5.92 Å². The van der Waals surface area contributed by atoms with Crippen molar-refractivity contribution >= 4 is 27.0 Å². The predicted molar refractivity (Wildman–Crippen MR) is 75.3 cm³/mol. The Morgan fingerprint density at radius 1 is 1.33 bits per heavy atom. The summed E-state index contributed by atoms with van der Waals surface area (Å²) in [5, 5.41) is 9.80. The lowest BCUT2D eigenvalue weighted by atomic mass is 10.0. The first-order valence-corrected chi connectivity index (χ1v) is 8.13. The fourth-order valence-corrected chi connectivity index (χ4v) is 4.34. The summed E-state index contributed by atoms with van der Waals surface area (Å²) in [5.74, 6) is -1.60. The molecule has 21 heavy (non-hydrogen) atoms. The Bertz CT molecular complexity index is 780. The van der Waals surface area contributed by atoms with E-state index in [1.807, 2.05) is 0 Å². The van der Waals surface area contributed by atoms with Crippen LogP contribution in [0, 0.1) is 5.92 Å². The van der Waals surface area contributed by atoms with E-state index in [9.17, 15) is 13.2 Å². The van der Waals surface area contributed by atoms with Gasteiger partial charge in [0.1, 0.15) is 4.90 Å². The van der Waals surface area contributed by atoms with E-state index in [1.165, 1.54) is 16.6 Å². The lowest BCUT2D eigenvalue weighted by Gasteiger charge is -2.29. The van der Waals surface area contributed by atoms with Gasteiger partial charge >= 0.3 is 5.97 Å². The highest BCUT2D eigenvalue weighted by molar-refractivity contribution is 7.89. The van der Waals surface area contributed by atoms with E-state index in [4.69, 9.17) is 9.52 Å². The number of benzene rings is 1. The summed E-state index contributed by atoms with van der Waals surface area (Å²) >= 11 is 0. The molecular weight excluding hydrogens is 294 g/mol. The van der Waals surface area contributed by atoms with Crippen LogP contribution in [-0.2, 0) is 14.8 Å². The van der Waals surface area contributed by atoms with Crippen LogP contribution in [-0.4, -0.2) is 36.9 Å². The van der Waals surface area contributed by atoms with Gasteiger partial charge in [0, 0.05) is 18.5 Å². The molecular formula is C14H15NO5S.